The van der Waals surface area contributed by atoms with E-state index in [9.17, 15) is 19.2 Å². The normalized spacial score (nSPS) is 16.0. The first kappa shape index (κ1) is 32.4. The number of esters is 1. The Kier molecular flexibility index (Phi) is 10.1. The molecule has 0 bridgehead atoms. The summed E-state index contributed by atoms with van der Waals surface area (Å²) in [6.45, 7) is 5.31. The van der Waals surface area contributed by atoms with Gasteiger partial charge in [0.1, 0.15) is 12.2 Å². The predicted molar refractivity (Wildman–Crippen MR) is 174 cm³/mol. The summed E-state index contributed by atoms with van der Waals surface area (Å²) in [5.41, 5.74) is 1.79. The molecule has 2 atom stereocenters. The summed E-state index contributed by atoms with van der Waals surface area (Å²) >= 11 is 1.25. The molecule has 4 aromatic rings. The molecule has 1 aromatic heterocycles. The molecule has 46 heavy (non-hydrogen) atoms. The van der Waals surface area contributed by atoms with Gasteiger partial charge < -0.3 is 14.8 Å². The van der Waals surface area contributed by atoms with Crippen molar-refractivity contribution in [2.24, 2.45) is 5.92 Å². The molecule has 238 valence electrons. The van der Waals surface area contributed by atoms with E-state index >= 15 is 0 Å². The van der Waals surface area contributed by atoms with Gasteiger partial charge in [-0.25, -0.2) is 24.3 Å². The number of imide groups is 1. The molecular weight excluding hydrogens is 604 g/mol. The lowest BCUT2D eigenvalue weighted by Gasteiger charge is -2.44. The summed E-state index contributed by atoms with van der Waals surface area (Å²) in [6.07, 6.45) is 1.67. The highest BCUT2D eigenvalue weighted by Crippen LogP contribution is 2.34. The number of aryl methyl sites for hydroxylation is 1. The fourth-order valence-corrected chi connectivity index (χ4v) is 5.97. The number of aromatic nitrogens is 1. The molecule has 5 rings (SSSR count). The van der Waals surface area contributed by atoms with Crippen molar-refractivity contribution in [3.05, 3.63) is 119 Å². The topological polar surface area (TPSA) is 127 Å². The van der Waals surface area contributed by atoms with Gasteiger partial charge >= 0.3 is 18.1 Å². The lowest BCUT2D eigenvalue weighted by atomic mass is 9.83. The third kappa shape index (κ3) is 8.16. The Bertz CT molecular complexity index is 1620. The van der Waals surface area contributed by atoms with Crippen molar-refractivity contribution >= 4 is 40.5 Å². The van der Waals surface area contributed by atoms with Crippen molar-refractivity contribution < 1.29 is 28.7 Å². The minimum atomic E-state index is -1.10. The molecule has 2 N–H and O–H groups in total. The molecule has 3 aromatic carbocycles. The van der Waals surface area contributed by atoms with Gasteiger partial charge in [0.05, 0.1) is 12.0 Å². The van der Waals surface area contributed by atoms with E-state index in [-0.39, 0.29) is 13.0 Å². The predicted octanol–water partition coefficient (Wildman–Crippen LogP) is 6.49. The van der Waals surface area contributed by atoms with E-state index in [0.717, 1.165) is 26.5 Å². The number of urea groups is 1. The molecule has 0 radical (unpaired) electrons. The number of hydrogen-bond acceptors (Lipinski definition) is 8. The quantitative estimate of drug-likeness (QED) is 0.150. The van der Waals surface area contributed by atoms with Crippen LogP contribution in [0.1, 0.15) is 54.8 Å². The number of benzene rings is 3. The first-order chi connectivity index (χ1) is 22.1. The van der Waals surface area contributed by atoms with Gasteiger partial charge in [-0.2, -0.15) is 0 Å². The van der Waals surface area contributed by atoms with Crippen LogP contribution >= 0.6 is 11.3 Å². The number of amides is 4. The SMILES string of the molecule is CC(C)(C)OC(=O)Nc1ncc(CC[C@H]2C(=O)N(C(=O)NC(c3ccccc3)c3ccccc3)[C@@H]2C(=O)OCc2ccccc2)s1. The number of nitrogens with zero attached hydrogens (tertiary/aromatic N) is 2. The number of rotatable bonds is 10. The third-order valence-electron chi connectivity index (χ3n) is 7.29. The highest BCUT2D eigenvalue weighted by molar-refractivity contribution is 7.15. The van der Waals surface area contributed by atoms with Crippen LogP contribution in [0.5, 0.6) is 0 Å². The van der Waals surface area contributed by atoms with E-state index in [4.69, 9.17) is 9.47 Å². The fraction of sp³-hybridized carbons (Fsp3) is 0.286. The number of anilines is 1. The summed E-state index contributed by atoms with van der Waals surface area (Å²) in [5.74, 6) is -1.89. The lowest BCUT2D eigenvalue weighted by molar-refractivity contribution is -0.170. The van der Waals surface area contributed by atoms with Crippen LogP contribution in [0.25, 0.3) is 0 Å². The van der Waals surface area contributed by atoms with E-state index in [0.29, 0.717) is 11.6 Å². The Morgan fingerprint density at radius 2 is 1.50 bits per heavy atom. The summed E-state index contributed by atoms with van der Waals surface area (Å²) in [6, 6.07) is 25.7. The van der Waals surface area contributed by atoms with Gasteiger partial charge in [0.25, 0.3) is 0 Å². The standard InChI is InChI=1S/C35H36N4O6S/c1-35(2,3)45-34(43)38-32-36-21-26(46-32)19-20-27-29(31(41)44-22-23-13-7-4-8-14-23)39(30(27)40)33(42)37-28(24-15-9-5-10-16-24)25-17-11-6-12-18-25/h4-18,21,27-29H,19-20,22H2,1-3H3,(H,37,42)(H,36,38,43)/t27-,29+/m1/s1. The van der Waals surface area contributed by atoms with Gasteiger partial charge in [-0.15, -0.1) is 11.3 Å². The second-order valence-corrected chi connectivity index (χ2v) is 13.0. The number of ether oxygens (including phenoxy) is 2. The third-order valence-corrected chi connectivity index (χ3v) is 8.27. The molecule has 0 unspecified atom stereocenters. The van der Waals surface area contributed by atoms with Crippen LogP contribution in [-0.2, 0) is 32.1 Å². The summed E-state index contributed by atoms with van der Waals surface area (Å²) < 4.78 is 10.9. The Balaban J connectivity index is 1.31. The molecule has 4 amide bonds. The van der Waals surface area contributed by atoms with Gasteiger partial charge in [0.2, 0.25) is 5.91 Å². The van der Waals surface area contributed by atoms with E-state index in [1.807, 2.05) is 91.0 Å². The number of β-lactam (4-membered cyclic amide) rings is 1. The molecule has 1 aliphatic rings. The van der Waals surface area contributed by atoms with E-state index in [2.05, 4.69) is 15.6 Å². The van der Waals surface area contributed by atoms with Gasteiger partial charge in [-0.1, -0.05) is 91.0 Å². The van der Waals surface area contributed by atoms with Crippen molar-refractivity contribution in [2.45, 2.75) is 57.9 Å². The molecule has 2 heterocycles. The Hall–Kier alpha value is -5.03. The maximum Gasteiger partial charge on any atom is 0.413 e. The first-order valence-corrected chi connectivity index (χ1v) is 15.8. The number of likely N-dealkylation sites (tertiary alicyclic amines) is 1. The second-order valence-electron chi connectivity index (χ2n) is 11.9. The van der Waals surface area contributed by atoms with Gasteiger partial charge in [0, 0.05) is 11.1 Å². The summed E-state index contributed by atoms with van der Waals surface area (Å²) in [4.78, 5) is 58.9. The average Bonchev–Trinajstić information content (AvgIpc) is 3.48. The molecule has 1 fully saturated rings. The number of carbonyl (C=O) groups is 4. The Labute approximate surface area is 271 Å². The molecular formula is C35H36N4O6S. The largest absolute Gasteiger partial charge is 0.459 e. The average molecular weight is 641 g/mol. The fourth-order valence-electron chi connectivity index (χ4n) is 5.15. The molecule has 0 spiro atoms. The highest BCUT2D eigenvalue weighted by atomic mass is 32.1. The molecule has 1 aliphatic heterocycles. The zero-order chi connectivity index (χ0) is 32.7. The van der Waals surface area contributed by atoms with Crippen LogP contribution in [0.15, 0.2) is 97.2 Å². The van der Waals surface area contributed by atoms with E-state index in [1.165, 1.54) is 11.3 Å². The maximum absolute atomic E-state index is 13.7. The van der Waals surface area contributed by atoms with Crippen molar-refractivity contribution in [3.63, 3.8) is 0 Å². The van der Waals surface area contributed by atoms with Crippen LogP contribution in [0.3, 0.4) is 0 Å². The molecule has 11 heteroatoms. The van der Waals surface area contributed by atoms with E-state index < -0.39 is 47.6 Å². The van der Waals surface area contributed by atoms with Crippen LogP contribution in [0, 0.1) is 5.92 Å². The zero-order valence-corrected chi connectivity index (χ0v) is 26.7. The summed E-state index contributed by atoms with van der Waals surface area (Å²) in [7, 11) is 0. The van der Waals surface area contributed by atoms with E-state index in [1.54, 1.807) is 27.0 Å². The molecule has 0 aliphatic carbocycles. The minimum absolute atomic E-state index is 0.0116. The molecule has 1 saturated heterocycles. The number of hydrogen-bond donors (Lipinski definition) is 2. The number of carbonyl (C=O) groups excluding carboxylic acids is 4. The van der Waals surface area contributed by atoms with Crippen LogP contribution in [0.4, 0.5) is 14.7 Å². The van der Waals surface area contributed by atoms with Crippen molar-refractivity contribution in [3.8, 4) is 0 Å². The first-order valence-electron chi connectivity index (χ1n) is 15.0. The Morgan fingerprint density at radius 1 is 0.913 bits per heavy atom. The van der Waals surface area contributed by atoms with Crippen molar-refractivity contribution in [1.29, 1.82) is 0 Å². The zero-order valence-electron chi connectivity index (χ0n) is 25.8. The highest BCUT2D eigenvalue weighted by Gasteiger charge is 2.55. The molecule has 10 nitrogen and oxygen atoms in total. The monoisotopic (exact) mass is 640 g/mol. The van der Waals surface area contributed by atoms with Crippen molar-refractivity contribution in [1.82, 2.24) is 15.2 Å². The smallest absolute Gasteiger partial charge is 0.413 e. The number of nitrogens with one attached hydrogen (secondary N) is 2. The van der Waals surface area contributed by atoms with Crippen molar-refractivity contribution in [2.75, 3.05) is 5.32 Å². The van der Waals surface area contributed by atoms with Gasteiger partial charge in [-0.05, 0) is 50.3 Å². The Morgan fingerprint density at radius 3 is 2.09 bits per heavy atom. The van der Waals surface area contributed by atoms with Crippen LogP contribution in [-0.4, -0.2) is 45.5 Å². The number of thiazole rings is 1. The van der Waals surface area contributed by atoms with Crippen LogP contribution in [0.2, 0.25) is 0 Å². The molecule has 0 saturated carbocycles. The second kappa shape index (κ2) is 14.4. The van der Waals surface area contributed by atoms with Crippen LogP contribution < -0.4 is 10.6 Å². The minimum Gasteiger partial charge on any atom is -0.459 e. The summed E-state index contributed by atoms with van der Waals surface area (Å²) in [5, 5.41) is 5.94. The van der Waals surface area contributed by atoms with Gasteiger partial charge in [-0.3, -0.25) is 10.1 Å². The maximum atomic E-state index is 13.7. The van der Waals surface area contributed by atoms with Gasteiger partial charge in [0.15, 0.2) is 11.2 Å². The lowest BCUT2D eigenvalue weighted by Crippen LogP contribution is -2.68.